The van der Waals surface area contributed by atoms with Gasteiger partial charge in [0.1, 0.15) is 5.70 Å². The van der Waals surface area contributed by atoms with E-state index in [4.69, 9.17) is 9.56 Å². The normalized spacial score (nSPS) is 21.8. The zero-order chi connectivity index (χ0) is 20.6. The highest BCUT2D eigenvalue weighted by Crippen LogP contribution is 2.46. The maximum absolute atomic E-state index is 13.7. The number of carbonyl (C=O) groups is 2. The van der Waals surface area contributed by atoms with Crippen molar-refractivity contribution in [1.29, 1.82) is 0 Å². The van der Waals surface area contributed by atoms with Gasteiger partial charge in [0.2, 0.25) is 5.91 Å². The van der Waals surface area contributed by atoms with Gasteiger partial charge in [-0.05, 0) is 37.6 Å². The van der Waals surface area contributed by atoms with Gasteiger partial charge < -0.3 is 10.0 Å². The third-order valence-corrected chi connectivity index (χ3v) is 7.46. The zero-order valence-corrected chi connectivity index (χ0v) is 16.6. The molecule has 1 saturated heterocycles. The molecule has 2 aromatic rings. The number of aliphatic hydroxyl groups excluding tert-OH is 1. The Kier molecular flexibility index (Phi) is 5.13. The average molecular weight is 413 g/mol. The molecule has 0 bridgehead atoms. The average Bonchev–Trinajstić information content (AvgIpc) is 3.12. The SMILES string of the molecule is C[C@@H](O)C1C(=O)N2C(C(=O)OOP(=O)(c3ccccc3)c3ccccc3)=CC[C@@H]12. The van der Waals surface area contributed by atoms with Crippen LogP contribution in [0.2, 0.25) is 0 Å². The van der Waals surface area contributed by atoms with Crippen LogP contribution in [-0.2, 0) is 23.7 Å². The minimum atomic E-state index is -3.69. The fourth-order valence-electron chi connectivity index (χ4n) is 3.77. The highest BCUT2D eigenvalue weighted by Gasteiger charge is 2.55. The van der Waals surface area contributed by atoms with E-state index >= 15 is 0 Å². The summed E-state index contributed by atoms with van der Waals surface area (Å²) in [5, 5.41) is 10.5. The van der Waals surface area contributed by atoms with Crippen LogP contribution < -0.4 is 10.6 Å². The first-order valence-corrected chi connectivity index (χ1v) is 10.9. The summed E-state index contributed by atoms with van der Waals surface area (Å²) in [4.78, 5) is 31.1. The predicted molar refractivity (Wildman–Crippen MR) is 105 cm³/mol. The van der Waals surface area contributed by atoms with E-state index in [0.717, 1.165) is 0 Å². The first-order valence-electron chi connectivity index (χ1n) is 9.26. The van der Waals surface area contributed by atoms with Crippen LogP contribution in [0.5, 0.6) is 0 Å². The van der Waals surface area contributed by atoms with E-state index in [0.29, 0.717) is 17.0 Å². The molecule has 0 radical (unpaired) electrons. The number of hydrogen-bond donors (Lipinski definition) is 1. The van der Waals surface area contributed by atoms with Gasteiger partial charge in [0.05, 0.1) is 18.1 Å². The van der Waals surface area contributed by atoms with Gasteiger partial charge in [0.25, 0.3) is 0 Å². The van der Waals surface area contributed by atoms with Crippen LogP contribution in [0, 0.1) is 5.92 Å². The molecule has 0 aromatic heterocycles. The fraction of sp³-hybridized carbons (Fsp3) is 0.238. The zero-order valence-electron chi connectivity index (χ0n) is 15.7. The standard InChI is InChI=1S/C21H20NO6P/c1-14(23)19-17-12-13-18(22(17)20(19)24)21(25)27-28-29(26,15-8-4-2-5-9-15)16-10-6-3-7-11-16/h2-11,13-14,17,19,23H,12H2,1H3/t14-,17+,19?/m1/s1. The van der Waals surface area contributed by atoms with Gasteiger partial charge in [-0.2, -0.15) is 0 Å². The van der Waals surface area contributed by atoms with Crippen LogP contribution in [0.1, 0.15) is 13.3 Å². The van der Waals surface area contributed by atoms with Crippen molar-refractivity contribution in [3.63, 3.8) is 0 Å². The molecular formula is C21H20NO6P. The first kappa shape index (κ1) is 19.6. The molecular weight excluding hydrogens is 393 g/mol. The molecule has 1 unspecified atom stereocenters. The van der Waals surface area contributed by atoms with Crippen LogP contribution in [0.15, 0.2) is 72.4 Å². The van der Waals surface area contributed by atoms with Crippen molar-refractivity contribution in [2.75, 3.05) is 0 Å². The Bertz CT molecular complexity index is 961. The monoisotopic (exact) mass is 413 g/mol. The highest BCUT2D eigenvalue weighted by molar-refractivity contribution is 7.74. The molecule has 1 amide bonds. The van der Waals surface area contributed by atoms with Gasteiger partial charge in [-0.1, -0.05) is 42.5 Å². The molecule has 2 aliphatic heterocycles. The number of benzene rings is 2. The fourth-order valence-corrected chi connectivity index (χ4v) is 5.54. The lowest BCUT2D eigenvalue weighted by Gasteiger charge is -2.44. The second-order valence-electron chi connectivity index (χ2n) is 7.03. The molecule has 2 aromatic carbocycles. The van der Waals surface area contributed by atoms with Crippen molar-refractivity contribution < 1.29 is 28.8 Å². The molecule has 0 saturated carbocycles. The summed E-state index contributed by atoms with van der Waals surface area (Å²) in [6.45, 7) is 1.55. The minimum Gasteiger partial charge on any atom is -0.393 e. The summed E-state index contributed by atoms with van der Waals surface area (Å²) in [7, 11) is -3.69. The van der Waals surface area contributed by atoms with Gasteiger partial charge in [-0.25, -0.2) is 4.79 Å². The largest absolute Gasteiger partial charge is 0.393 e. The Morgan fingerprint density at radius 3 is 2.17 bits per heavy atom. The Balaban J connectivity index is 1.53. The van der Waals surface area contributed by atoms with Crippen molar-refractivity contribution >= 4 is 29.9 Å². The van der Waals surface area contributed by atoms with Crippen molar-refractivity contribution in [3.8, 4) is 0 Å². The Hall–Kier alpha value is -2.73. The summed E-state index contributed by atoms with van der Waals surface area (Å²) in [6, 6.07) is 16.7. The number of carbonyl (C=O) groups excluding carboxylic acids is 2. The molecule has 8 heteroatoms. The maximum atomic E-state index is 13.7. The molecule has 1 fully saturated rings. The van der Waals surface area contributed by atoms with Crippen molar-refractivity contribution in [2.24, 2.45) is 5.92 Å². The Morgan fingerprint density at radius 1 is 1.10 bits per heavy atom. The van der Waals surface area contributed by atoms with Crippen molar-refractivity contribution in [2.45, 2.75) is 25.5 Å². The summed E-state index contributed by atoms with van der Waals surface area (Å²) in [6.07, 6.45) is 1.23. The van der Waals surface area contributed by atoms with E-state index in [9.17, 15) is 19.3 Å². The number of nitrogens with zero attached hydrogens (tertiary/aromatic N) is 1. The molecule has 2 aliphatic rings. The molecule has 0 spiro atoms. The number of β-lactam (4-membered cyclic amide) rings is 1. The lowest BCUT2D eigenvalue weighted by Crippen LogP contribution is -2.61. The quantitative estimate of drug-likeness (QED) is 0.337. The van der Waals surface area contributed by atoms with Crippen LogP contribution in [-0.4, -0.2) is 34.0 Å². The summed E-state index contributed by atoms with van der Waals surface area (Å²) in [5.41, 5.74) is 0.0459. The first-order chi connectivity index (χ1) is 13.9. The molecule has 2 heterocycles. The molecule has 4 rings (SSSR count). The topological polar surface area (TPSA) is 93.1 Å². The molecule has 150 valence electrons. The minimum absolute atomic E-state index is 0.0459. The van der Waals surface area contributed by atoms with Gasteiger partial charge in [0.15, 0.2) is 0 Å². The van der Waals surface area contributed by atoms with E-state index in [1.54, 1.807) is 73.7 Å². The maximum Gasteiger partial charge on any atom is 0.389 e. The van der Waals surface area contributed by atoms with Gasteiger partial charge >= 0.3 is 13.3 Å². The summed E-state index contributed by atoms with van der Waals surface area (Å²) < 4.78 is 18.9. The molecule has 1 N–H and O–H groups in total. The van der Waals surface area contributed by atoms with Crippen LogP contribution in [0.25, 0.3) is 0 Å². The van der Waals surface area contributed by atoms with Crippen LogP contribution in [0.4, 0.5) is 0 Å². The van der Waals surface area contributed by atoms with Gasteiger partial charge in [0, 0.05) is 10.6 Å². The van der Waals surface area contributed by atoms with E-state index < -0.39 is 25.4 Å². The number of fused-ring (bicyclic) bond motifs is 1. The van der Waals surface area contributed by atoms with E-state index in [2.05, 4.69) is 0 Å². The van der Waals surface area contributed by atoms with E-state index in [-0.39, 0.29) is 17.6 Å². The number of amides is 1. The second kappa shape index (κ2) is 7.59. The number of rotatable bonds is 6. The Morgan fingerprint density at radius 2 is 1.66 bits per heavy atom. The van der Waals surface area contributed by atoms with Crippen molar-refractivity contribution in [1.82, 2.24) is 4.90 Å². The molecule has 7 nitrogen and oxygen atoms in total. The van der Waals surface area contributed by atoms with Crippen LogP contribution >= 0.6 is 7.37 Å². The number of hydrogen-bond acceptors (Lipinski definition) is 6. The smallest absolute Gasteiger partial charge is 0.389 e. The summed E-state index contributed by atoms with van der Waals surface area (Å²) >= 11 is 0. The number of aliphatic hydroxyl groups is 1. The van der Waals surface area contributed by atoms with Crippen LogP contribution in [0.3, 0.4) is 0 Å². The third kappa shape index (κ3) is 3.31. The predicted octanol–water partition coefficient (Wildman–Crippen LogP) is 1.89. The van der Waals surface area contributed by atoms with Crippen molar-refractivity contribution in [3.05, 3.63) is 72.4 Å². The molecule has 0 aliphatic carbocycles. The molecule has 29 heavy (non-hydrogen) atoms. The van der Waals surface area contributed by atoms with Gasteiger partial charge in [-0.3, -0.25) is 14.2 Å². The highest BCUT2D eigenvalue weighted by atomic mass is 31.2. The van der Waals surface area contributed by atoms with Gasteiger partial charge in [-0.15, -0.1) is 4.67 Å². The lowest BCUT2D eigenvalue weighted by molar-refractivity contribution is -0.210. The molecule has 3 atom stereocenters. The second-order valence-corrected chi connectivity index (χ2v) is 9.32. The van der Waals surface area contributed by atoms with E-state index in [1.807, 2.05) is 0 Å². The summed E-state index contributed by atoms with van der Waals surface area (Å²) in [5.74, 6) is -1.76. The van der Waals surface area contributed by atoms with E-state index in [1.165, 1.54) is 4.90 Å². The Labute approximate surface area is 167 Å². The third-order valence-electron chi connectivity index (χ3n) is 5.22. The lowest BCUT2D eigenvalue weighted by atomic mass is 9.83.